The average molecular weight is 402 g/mol. The summed E-state index contributed by atoms with van der Waals surface area (Å²) in [4.78, 5) is 17.6. The molecule has 30 heavy (non-hydrogen) atoms. The van der Waals surface area contributed by atoms with Crippen LogP contribution < -0.4 is 5.32 Å². The summed E-state index contributed by atoms with van der Waals surface area (Å²) in [6, 6.07) is 11.7. The molecule has 2 aliphatic rings. The Morgan fingerprint density at radius 1 is 1.13 bits per heavy atom. The normalized spacial score (nSPS) is 15.5. The largest absolute Gasteiger partial charge is 0.440 e. The first-order valence-corrected chi connectivity index (χ1v) is 10.2. The molecule has 6 rings (SSSR count). The second-order valence-electron chi connectivity index (χ2n) is 7.98. The summed E-state index contributed by atoms with van der Waals surface area (Å²) in [5.41, 5.74) is 5.30. The van der Waals surface area contributed by atoms with Crippen LogP contribution in [0.4, 0.5) is 10.1 Å². The highest BCUT2D eigenvalue weighted by Crippen LogP contribution is 2.40. The molecule has 1 amide bonds. The molecule has 4 aromatic rings. The lowest BCUT2D eigenvalue weighted by Crippen LogP contribution is -2.15. The van der Waals surface area contributed by atoms with Crippen molar-refractivity contribution >= 4 is 22.7 Å². The summed E-state index contributed by atoms with van der Waals surface area (Å²) in [6.07, 6.45) is 4.88. The maximum absolute atomic E-state index is 13.3. The molecule has 1 saturated carbocycles. The van der Waals surface area contributed by atoms with Crippen molar-refractivity contribution < 1.29 is 13.6 Å². The van der Waals surface area contributed by atoms with Crippen LogP contribution in [0.15, 0.2) is 46.9 Å². The number of carbonyl (C=O) groups is 1. The van der Waals surface area contributed by atoms with Gasteiger partial charge in [0.1, 0.15) is 11.3 Å². The number of carbonyl (C=O) groups excluding carboxylic acids is 1. The molecule has 2 aromatic carbocycles. The van der Waals surface area contributed by atoms with Crippen molar-refractivity contribution in [2.45, 2.75) is 38.0 Å². The first kappa shape index (κ1) is 17.4. The minimum atomic E-state index is -0.298. The number of rotatable bonds is 4. The smallest absolute Gasteiger partial charge is 0.276 e. The van der Waals surface area contributed by atoms with Crippen molar-refractivity contribution in [2.75, 3.05) is 5.32 Å². The molecule has 6 nitrogen and oxygen atoms in total. The molecule has 7 heteroatoms. The quantitative estimate of drug-likeness (QED) is 0.534. The second-order valence-corrected chi connectivity index (χ2v) is 7.98. The molecule has 0 spiro atoms. The van der Waals surface area contributed by atoms with E-state index in [0.717, 1.165) is 66.0 Å². The Bertz CT molecular complexity index is 1280. The van der Waals surface area contributed by atoms with E-state index in [0.29, 0.717) is 17.3 Å². The molecule has 0 unspecified atom stereocenters. The maximum atomic E-state index is 13.3. The van der Waals surface area contributed by atoms with Crippen molar-refractivity contribution in [3.8, 4) is 5.69 Å². The molecule has 0 bridgehead atoms. The predicted molar refractivity (Wildman–Crippen MR) is 109 cm³/mol. The van der Waals surface area contributed by atoms with E-state index in [4.69, 9.17) is 4.42 Å². The third kappa shape index (κ3) is 2.89. The van der Waals surface area contributed by atoms with Crippen LogP contribution in [0, 0.1) is 5.82 Å². The molecule has 0 atom stereocenters. The average Bonchev–Trinajstić information content (AvgIpc) is 3.17. The van der Waals surface area contributed by atoms with E-state index in [1.165, 1.54) is 12.1 Å². The summed E-state index contributed by atoms with van der Waals surface area (Å²) in [5, 5.41) is 7.53. The number of hydrogen-bond acceptors (Lipinski definition) is 4. The van der Waals surface area contributed by atoms with Crippen LogP contribution in [-0.4, -0.2) is 20.7 Å². The lowest BCUT2D eigenvalue weighted by molar-refractivity contribution is 0.102. The third-order valence-electron chi connectivity index (χ3n) is 5.81. The van der Waals surface area contributed by atoms with Gasteiger partial charge in [0.25, 0.3) is 5.91 Å². The highest BCUT2D eigenvalue weighted by atomic mass is 19.1. The van der Waals surface area contributed by atoms with Gasteiger partial charge in [-0.3, -0.25) is 4.79 Å². The van der Waals surface area contributed by atoms with Gasteiger partial charge in [0.05, 0.1) is 5.69 Å². The minimum Gasteiger partial charge on any atom is -0.440 e. The molecule has 2 aromatic heterocycles. The highest BCUT2D eigenvalue weighted by Gasteiger charge is 2.29. The molecular formula is C23H19FN4O2. The van der Waals surface area contributed by atoms with Gasteiger partial charge in [-0.15, -0.1) is 0 Å². The molecule has 0 saturated heterocycles. The molecule has 2 heterocycles. The van der Waals surface area contributed by atoms with Gasteiger partial charge in [0.15, 0.2) is 17.2 Å². The number of aromatic nitrogens is 3. The standard InChI is InChI=1S/C23H19FN4O2/c24-14-6-9-16(10-7-14)28-19-3-1-2-17(19)21(27-28)22(29)25-15-8-11-20-18(12-15)26-23(30-20)13-4-5-13/h6-13H,1-5H2,(H,25,29). The van der Waals surface area contributed by atoms with Gasteiger partial charge in [-0.2, -0.15) is 5.10 Å². The van der Waals surface area contributed by atoms with E-state index >= 15 is 0 Å². The zero-order valence-electron chi connectivity index (χ0n) is 16.2. The Balaban J connectivity index is 1.31. The fraction of sp³-hybridized carbons (Fsp3) is 0.261. The molecular weight excluding hydrogens is 383 g/mol. The molecule has 1 fully saturated rings. The van der Waals surface area contributed by atoms with E-state index in [2.05, 4.69) is 15.4 Å². The third-order valence-corrected chi connectivity index (χ3v) is 5.81. The van der Waals surface area contributed by atoms with Gasteiger partial charge in [0.2, 0.25) is 0 Å². The number of hydrogen-bond donors (Lipinski definition) is 1. The number of nitrogens with one attached hydrogen (secondary N) is 1. The van der Waals surface area contributed by atoms with Crippen molar-refractivity contribution in [1.29, 1.82) is 0 Å². The van der Waals surface area contributed by atoms with E-state index < -0.39 is 0 Å². The summed E-state index contributed by atoms with van der Waals surface area (Å²) >= 11 is 0. The van der Waals surface area contributed by atoms with Crippen LogP contribution in [0.25, 0.3) is 16.8 Å². The van der Waals surface area contributed by atoms with Crippen LogP contribution in [0.5, 0.6) is 0 Å². The zero-order chi connectivity index (χ0) is 20.2. The first-order chi connectivity index (χ1) is 14.7. The van der Waals surface area contributed by atoms with Crippen molar-refractivity contribution in [3.63, 3.8) is 0 Å². The molecule has 1 N–H and O–H groups in total. The number of oxazole rings is 1. The number of nitrogens with zero attached hydrogens (tertiary/aromatic N) is 3. The Morgan fingerprint density at radius 3 is 2.77 bits per heavy atom. The SMILES string of the molecule is O=C(Nc1ccc2oc(C3CC3)nc2c1)c1nn(-c2ccc(F)cc2)c2c1CCC2. The van der Waals surface area contributed by atoms with Gasteiger partial charge >= 0.3 is 0 Å². The predicted octanol–water partition coefficient (Wildman–Crippen LogP) is 4.77. The molecule has 0 aliphatic heterocycles. The highest BCUT2D eigenvalue weighted by molar-refractivity contribution is 6.04. The number of amides is 1. The van der Waals surface area contributed by atoms with Gasteiger partial charge < -0.3 is 9.73 Å². The Morgan fingerprint density at radius 2 is 1.97 bits per heavy atom. The topological polar surface area (TPSA) is 73.0 Å². The van der Waals surface area contributed by atoms with Gasteiger partial charge in [-0.05, 0) is 74.6 Å². The van der Waals surface area contributed by atoms with Crippen LogP contribution >= 0.6 is 0 Å². The zero-order valence-corrected chi connectivity index (χ0v) is 16.2. The number of fused-ring (bicyclic) bond motifs is 2. The first-order valence-electron chi connectivity index (χ1n) is 10.2. The fourth-order valence-electron chi connectivity index (χ4n) is 4.13. The Hall–Kier alpha value is -3.48. The molecule has 0 radical (unpaired) electrons. The fourth-order valence-corrected chi connectivity index (χ4v) is 4.13. The number of anilines is 1. The Labute approximate surface area is 171 Å². The van der Waals surface area contributed by atoms with E-state index in [1.54, 1.807) is 16.8 Å². The minimum absolute atomic E-state index is 0.251. The summed E-state index contributed by atoms with van der Waals surface area (Å²) < 4.78 is 20.9. The second kappa shape index (κ2) is 6.52. The van der Waals surface area contributed by atoms with Crippen LogP contribution in [0.2, 0.25) is 0 Å². The van der Waals surface area contributed by atoms with E-state index in [-0.39, 0.29) is 11.7 Å². The summed E-state index contributed by atoms with van der Waals surface area (Å²) in [5.74, 6) is 0.672. The lowest BCUT2D eigenvalue weighted by atomic mass is 10.2. The molecule has 2 aliphatic carbocycles. The maximum Gasteiger partial charge on any atom is 0.276 e. The van der Waals surface area contributed by atoms with Gasteiger partial charge in [-0.1, -0.05) is 0 Å². The van der Waals surface area contributed by atoms with Gasteiger partial charge in [0, 0.05) is 22.9 Å². The van der Waals surface area contributed by atoms with Crippen molar-refractivity contribution in [1.82, 2.24) is 14.8 Å². The summed E-state index contributed by atoms with van der Waals surface area (Å²) in [7, 11) is 0. The van der Waals surface area contributed by atoms with Crippen LogP contribution in [0.1, 0.15) is 52.8 Å². The number of benzene rings is 2. The Kier molecular flexibility index (Phi) is 3.78. The van der Waals surface area contributed by atoms with Crippen LogP contribution in [0.3, 0.4) is 0 Å². The van der Waals surface area contributed by atoms with E-state index in [9.17, 15) is 9.18 Å². The lowest BCUT2D eigenvalue weighted by Gasteiger charge is -2.05. The van der Waals surface area contributed by atoms with E-state index in [1.807, 2.05) is 18.2 Å². The monoisotopic (exact) mass is 402 g/mol. The molecule has 150 valence electrons. The number of halogens is 1. The van der Waals surface area contributed by atoms with Crippen molar-refractivity contribution in [3.05, 3.63) is 71.1 Å². The van der Waals surface area contributed by atoms with Crippen LogP contribution in [-0.2, 0) is 12.8 Å². The summed E-state index contributed by atoms with van der Waals surface area (Å²) in [6.45, 7) is 0. The van der Waals surface area contributed by atoms with Gasteiger partial charge in [-0.25, -0.2) is 14.1 Å². The van der Waals surface area contributed by atoms with Crippen molar-refractivity contribution in [2.24, 2.45) is 0 Å².